The second kappa shape index (κ2) is 3.07. The van der Waals surface area contributed by atoms with Crippen LogP contribution in [0.5, 0.6) is 0 Å². The minimum atomic E-state index is -0.715. The highest BCUT2D eigenvalue weighted by atomic mass is 16.7. The molecule has 2 atom stereocenters. The molecule has 12 heavy (non-hydrogen) atoms. The molecule has 0 saturated carbocycles. The van der Waals surface area contributed by atoms with Crippen LogP contribution in [-0.2, 0) is 9.47 Å². The van der Waals surface area contributed by atoms with Crippen molar-refractivity contribution >= 4 is 0 Å². The maximum absolute atomic E-state index is 9.68. The standard InChI is InChI=1S/C9H14O3/c10-8-4-3-7-12-9(8)5-1-2-6-11-9/h3,7-8,10H,1-2,4-6H2/t8-,9+/m1/s1. The van der Waals surface area contributed by atoms with Crippen LogP contribution in [0, 0.1) is 0 Å². The number of rotatable bonds is 0. The first-order valence-corrected chi connectivity index (χ1v) is 4.48. The van der Waals surface area contributed by atoms with Crippen LogP contribution in [0.3, 0.4) is 0 Å². The summed E-state index contributed by atoms with van der Waals surface area (Å²) in [6.45, 7) is 0.699. The maximum Gasteiger partial charge on any atom is 0.236 e. The van der Waals surface area contributed by atoms with Gasteiger partial charge in [-0.15, -0.1) is 0 Å². The van der Waals surface area contributed by atoms with Crippen molar-refractivity contribution < 1.29 is 14.6 Å². The molecule has 1 spiro atoms. The lowest BCUT2D eigenvalue weighted by Crippen LogP contribution is -2.49. The normalized spacial score (nSPS) is 41.2. The first-order valence-electron chi connectivity index (χ1n) is 4.48. The van der Waals surface area contributed by atoms with Gasteiger partial charge in [0.25, 0.3) is 0 Å². The van der Waals surface area contributed by atoms with Crippen molar-refractivity contribution in [2.75, 3.05) is 6.61 Å². The third kappa shape index (κ3) is 1.23. The molecule has 1 fully saturated rings. The Morgan fingerprint density at radius 1 is 1.42 bits per heavy atom. The maximum atomic E-state index is 9.68. The second-order valence-electron chi connectivity index (χ2n) is 3.36. The number of aliphatic hydroxyl groups excluding tert-OH is 1. The summed E-state index contributed by atoms with van der Waals surface area (Å²) < 4.78 is 10.9. The van der Waals surface area contributed by atoms with Crippen LogP contribution >= 0.6 is 0 Å². The lowest BCUT2D eigenvalue weighted by Gasteiger charge is -2.41. The van der Waals surface area contributed by atoms with E-state index in [1.807, 2.05) is 6.08 Å². The van der Waals surface area contributed by atoms with E-state index in [2.05, 4.69) is 0 Å². The number of ether oxygens (including phenoxy) is 2. The second-order valence-corrected chi connectivity index (χ2v) is 3.36. The molecule has 0 bridgehead atoms. The van der Waals surface area contributed by atoms with Gasteiger partial charge in [0.05, 0.1) is 12.9 Å². The van der Waals surface area contributed by atoms with Crippen molar-refractivity contribution in [2.45, 2.75) is 37.6 Å². The lowest BCUT2D eigenvalue weighted by atomic mass is 9.96. The van der Waals surface area contributed by atoms with Gasteiger partial charge in [0.2, 0.25) is 5.79 Å². The Morgan fingerprint density at radius 3 is 3.00 bits per heavy atom. The average molecular weight is 170 g/mol. The number of hydrogen-bond acceptors (Lipinski definition) is 3. The van der Waals surface area contributed by atoms with Crippen LogP contribution in [0.4, 0.5) is 0 Å². The van der Waals surface area contributed by atoms with Crippen molar-refractivity contribution in [2.24, 2.45) is 0 Å². The number of aliphatic hydroxyl groups is 1. The van der Waals surface area contributed by atoms with Crippen LogP contribution in [0.25, 0.3) is 0 Å². The average Bonchev–Trinajstić information content (AvgIpc) is 2.12. The van der Waals surface area contributed by atoms with Gasteiger partial charge in [-0.1, -0.05) is 0 Å². The molecule has 1 saturated heterocycles. The molecule has 0 aromatic heterocycles. The predicted molar refractivity (Wildman–Crippen MR) is 43.4 cm³/mol. The molecule has 3 nitrogen and oxygen atoms in total. The van der Waals surface area contributed by atoms with Gasteiger partial charge in [0.1, 0.15) is 6.10 Å². The highest BCUT2D eigenvalue weighted by Gasteiger charge is 2.43. The molecule has 2 rings (SSSR count). The summed E-state index contributed by atoms with van der Waals surface area (Å²) in [6, 6.07) is 0. The van der Waals surface area contributed by atoms with Crippen molar-refractivity contribution in [1.82, 2.24) is 0 Å². The molecule has 0 aromatic rings. The fourth-order valence-electron chi connectivity index (χ4n) is 1.75. The van der Waals surface area contributed by atoms with E-state index in [9.17, 15) is 5.11 Å². The van der Waals surface area contributed by atoms with E-state index in [0.29, 0.717) is 13.0 Å². The van der Waals surface area contributed by atoms with Gasteiger partial charge in [-0.25, -0.2) is 0 Å². The van der Waals surface area contributed by atoms with Crippen LogP contribution in [-0.4, -0.2) is 23.6 Å². The van der Waals surface area contributed by atoms with Crippen LogP contribution in [0.15, 0.2) is 12.3 Å². The molecular weight excluding hydrogens is 156 g/mol. The van der Waals surface area contributed by atoms with Gasteiger partial charge in [-0.3, -0.25) is 0 Å². The molecule has 2 aliphatic heterocycles. The Bertz CT molecular complexity index is 182. The summed E-state index contributed by atoms with van der Waals surface area (Å²) in [5, 5.41) is 9.68. The SMILES string of the molecule is O[C@@H]1CC=CO[C@@]12CCCCO2. The van der Waals surface area contributed by atoms with Crippen LogP contribution in [0.1, 0.15) is 25.7 Å². The summed E-state index contributed by atoms with van der Waals surface area (Å²) in [6.07, 6.45) is 6.56. The Hall–Kier alpha value is -0.540. The van der Waals surface area contributed by atoms with Gasteiger partial charge >= 0.3 is 0 Å². The van der Waals surface area contributed by atoms with E-state index in [1.54, 1.807) is 6.26 Å². The summed E-state index contributed by atoms with van der Waals surface area (Å²) in [5.74, 6) is -0.715. The van der Waals surface area contributed by atoms with Gasteiger partial charge in [0, 0.05) is 12.8 Å². The molecule has 2 heterocycles. The summed E-state index contributed by atoms with van der Waals surface area (Å²) >= 11 is 0. The van der Waals surface area contributed by atoms with Crippen molar-refractivity contribution in [3.8, 4) is 0 Å². The summed E-state index contributed by atoms with van der Waals surface area (Å²) in [7, 11) is 0. The summed E-state index contributed by atoms with van der Waals surface area (Å²) in [4.78, 5) is 0. The third-order valence-corrected chi connectivity index (χ3v) is 2.50. The molecule has 0 amide bonds. The molecule has 1 N–H and O–H groups in total. The Kier molecular flexibility index (Phi) is 2.07. The Balaban J connectivity index is 2.11. The van der Waals surface area contributed by atoms with E-state index in [4.69, 9.17) is 9.47 Å². The van der Waals surface area contributed by atoms with Crippen molar-refractivity contribution in [1.29, 1.82) is 0 Å². The first kappa shape index (κ1) is 8.08. The fraction of sp³-hybridized carbons (Fsp3) is 0.778. The van der Waals surface area contributed by atoms with Crippen molar-refractivity contribution in [3.63, 3.8) is 0 Å². The molecule has 3 heteroatoms. The molecule has 0 aromatic carbocycles. The van der Waals surface area contributed by atoms with Crippen LogP contribution < -0.4 is 0 Å². The zero-order chi connectivity index (χ0) is 8.44. The van der Waals surface area contributed by atoms with Crippen molar-refractivity contribution in [3.05, 3.63) is 12.3 Å². The fourth-order valence-corrected chi connectivity index (χ4v) is 1.75. The largest absolute Gasteiger partial charge is 0.467 e. The van der Waals surface area contributed by atoms with E-state index in [0.717, 1.165) is 19.3 Å². The van der Waals surface area contributed by atoms with Crippen LogP contribution in [0.2, 0.25) is 0 Å². The zero-order valence-electron chi connectivity index (χ0n) is 7.03. The van der Waals surface area contributed by atoms with E-state index in [1.165, 1.54) is 0 Å². The molecule has 0 unspecified atom stereocenters. The summed E-state index contributed by atoms with van der Waals surface area (Å²) in [5.41, 5.74) is 0. The highest BCUT2D eigenvalue weighted by Crippen LogP contribution is 2.33. The molecule has 0 aliphatic carbocycles. The minimum absolute atomic E-state index is 0.497. The third-order valence-electron chi connectivity index (χ3n) is 2.50. The molecule has 2 aliphatic rings. The van der Waals surface area contributed by atoms with Gasteiger partial charge in [-0.05, 0) is 18.9 Å². The monoisotopic (exact) mass is 170 g/mol. The number of hydrogen-bond donors (Lipinski definition) is 1. The first-order chi connectivity index (χ1) is 5.83. The quantitative estimate of drug-likeness (QED) is 0.593. The molecule has 0 radical (unpaired) electrons. The predicted octanol–water partition coefficient (Wildman–Crippen LogP) is 1.18. The highest BCUT2D eigenvalue weighted by molar-refractivity contribution is 4.94. The smallest absolute Gasteiger partial charge is 0.236 e. The molecular formula is C9H14O3. The van der Waals surface area contributed by atoms with Gasteiger partial charge in [-0.2, -0.15) is 0 Å². The zero-order valence-corrected chi connectivity index (χ0v) is 7.03. The lowest BCUT2D eigenvalue weighted by molar-refractivity contribution is -0.280. The van der Waals surface area contributed by atoms with E-state index < -0.39 is 11.9 Å². The van der Waals surface area contributed by atoms with E-state index in [-0.39, 0.29) is 0 Å². The Morgan fingerprint density at radius 2 is 2.33 bits per heavy atom. The Labute approximate surface area is 72.0 Å². The molecule has 68 valence electrons. The topological polar surface area (TPSA) is 38.7 Å². The van der Waals surface area contributed by atoms with E-state index >= 15 is 0 Å². The van der Waals surface area contributed by atoms with Gasteiger partial charge < -0.3 is 14.6 Å². The minimum Gasteiger partial charge on any atom is -0.467 e. The van der Waals surface area contributed by atoms with Gasteiger partial charge in [0.15, 0.2) is 0 Å².